The Morgan fingerprint density at radius 1 is 1.43 bits per heavy atom. The zero-order chi connectivity index (χ0) is 11.4. The van der Waals surface area contributed by atoms with Gasteiger partial charge < -0.3 is 9.79 Å². The van der Waals surface area contributed by atoms with E-state index in [1.165, 1.54) is 0 Å². The minimum atomic E-state index is -4.68. The van der Waals surface area contributed by atoms with Gasteiger partial charge in [0, 0.05) is 6.42 Å². The molecule has 0 aliphatic carbocycles. The monoisotopic (exact) mass is 230 g/mol. The average molecular weight is 230 g/mol. The lowest BCUT2D eigenvalue weighted by molar-refractivity contribution is -0.141. The molecule has 0 aliphatic rings. The summed E-state index contributed by atoms with van der Waals surface area (Å²) in [4.78, 5) is 27.4. The second-order valence-electron chi connectivity index (χ2n) is 3.05. The zero-order valence-corrected chi connectivity index (χ0v) is 8.64. The highest BCUT2D eigenvalue weighted by atomic mass is 31.2. The Kier molecular flexibility index (Phi) is 4.84. The van der Waals surface area contributed by atoms with Crippen LogP contribution in [0.25, 0.3) is 0 Å². The zero-order valence-electron chi connectivity index (χ0n) is 7.74. The number of alkyl halides is 2. The maximum absolute atomic E-state index is 12.8. The Labute approximate surface area is 80.5 Å². The van der Waals surface area contributed by atoms with E-state index in [1.807, 2.05) is 0 Å². The van der Waals surface area contributed by atoms with Crippen LogP contribution >= 0.6 is 7.60 Å². The normalized spacial score (nSPS) is 12.9. The van der Waals surface area contributed by atoms with Crippen molar-refractivity contribution in [2.45, 2.75) is 32.1 Å². The summed E-state index contributed by atoms with van der Waals surface area (Å²) in [5.41, 5.74) is 0. The highest BCUT2D eigenvalue weighted by Crippen LogP contribution is 2.37. The van der Waals surface area contributed by atoms with Crippen LogP contribution in [-0.2, 0) is 9.36 Å². The summed E-state index contributed by atoms with van der Waals surface area (Å²) in [6.45, 7) is 1.68. The third kappa shape index (κ3) is 5.42. The summed E-state index contributed by atoms with van der Waals surface area (Å²) in [5.74, 6) is -5.30. The summed E-state index contributed by atoms with van der Waals surface area (Å²) in [6, 6.07) is 0. The van der Waals surface area contributed by atoms with Crippen LogP contribution in [0, 0.1) is 0 Å². The van der Waals surface area contributed by atoms with Gasteiger partial charge in [-0.15, -0.1) is 0 Å². The van der Waals surface area contributed by atoms with Gasteiger partial charge in [0.05, 0.1) is 0 Å². The first-order chi connectivity index (χ1) is 6.19. The Bertz CT molecular complexity index is 248. The molecule has 0 aromatic rings. The highest BCUT2D eigenvalue weighted by molar-refractivity contribution is 7.52. The van der Waals surface area contributed by atoms with Crippen molar-refractivity contribution >= 4 is 13.4 Å². The fourth-order valence-electron chi connectivity index (χ4n) is 0.841. The van der Waals surface area contributed by atoms with Crippen molar-refractivity contribution in [1.29, 1.82) is 0 Å². The second kappa shape index (κ2) is 4.96. The maximum atomic E-state index is 12.8. The molecule has 0 fully saturated rings. The van der Waals surface area contributed by atoms with E-state index in [9.17, 15) is 18.1 Å². The molecule has 0 amide bonds. The van der Waals surface area contributed by atoms with E-state index in [4.69, 9.17) is 9.79 Å². The minimum Gasteiger partial charge on any atom is -0.324 e. The number of ketones is 1. The van der Waals surface area contributed by atoms with Gasteiger partial charge in [0.2, 0.25) is 5.78 Å². The first-order valence-electron chi connectivity index (χ1n) is 4.15. The van der Waals surface area contributed by atoms with Crippen molar-refractivity contribution in [3.05, 3.63) is 0 Å². The minimum absolute atomic E-state index is 0.153. The lowest BCUT2D eigenvalue weighted by Gasteiger charge is -2.14. The van der Waals surface area contributed by atoms with Crippen molar-refractivity contribution in [3.63, 3.8) is 0 Å². The molecule has 14 heavy (non-hydrogen) atoms. The number of rotatable bonds is 6. The summed E-state index contributed by atoms with van der Waals surface area (Å²) in [5, 5.41) is 0. The van der Waals surface area contributed by atoms with E-state index < -0.39 is 31.9 Å². The number of hydrogen-bond donors (Lipinski definition) is 2. The predicted octanol–water partition coefficient (Wildman–Crippen LogP) is 1.56. The number of unbranched alkanes of at least 4 members (excludes halogenated alkanes) is 1. The molecule has 84 valence electrons. The van der Waals surface area contributed by atoms with E-state index in [0.29, 0.717) is 6.42 Å². The Hall–Kier alpha value is -0.320. The van der Waals surface area contributed by atoms with Crippen molar-refractivity contribution in [2.75, 3.05) is 6.16 Å². The molecular formula is C7H13F2O4P. The van der Waals surface area contributed by atoms with Crippen LogP contribution in [0.1, 0.15) is 26.2 Å². The second-order valence-corrected chi connectivity index (χ2v) is 4.70. The van der Waals surface area contributed by atoms with Gasteiger partial charge in [-0.2, -0.15) is 8.78 Å². The molecule has 7 heteroatoms. The molecule has 0 saturated carbocycles. The molecule has 0 aromatic carbocycles. The van der Waals surface area contributed by atoms with E-state index >= 15 is 0 Å². The molecule has 0 heterocycles. The van der Waals surface area contributed by atoms with Gasteiger partial charge in [-0.3, -0.25) is 9.36 Å². The molecule has 0 spiro atoms. The number of Topliss-reactive ketones (excluding diaryl/α,β-unsaturated/α-hetero) is 1. The van der Waals surface area contributed by atoms with Crippen molar-refractivity contribution in [2.24, 2.45) is 0 Å². The van der Waals surface area contributed by atoms with Crippen LogP contribution in [0.4, 0.5) is 8.78 Å². The SMILES string of the molecule is CCCCC(F)(F)C(=O)CP(=O)(O)O. The van der Waals surface area contributed by atoms with E-state index in [-0.39, 0.29) is 6.42 Å². The Morgan fingerprint density at radius 3 is 2.29 bits per heavy atom. The number of carbonyl (C=O) groups excluding carboxylic acids is 1. The van der Waals surface area contributed by atoms with Gasteiger partial charge in [0.25, 0.3) is 0 Å². The Morgan fingerprint density at radius 2 is 1.93 bits per heavy atom. The van der Waals surface area contributed by atoms with Gasteiger partial charge in [0.15, 0.2) is 0 Å². The molecule has 0 bridgehead atoms. The summed E-state index contributed by atoms with van der Waals surface area (Å²) < 4.78 is 36.0. The van der Waals surface area contributed by atoms with Crippen LogP contribution in [0.2, 0.25) is 0 Å². The molecule has 4 nitrogen and oxygen atoms in total. The number of hydrogen-bond acceptors (Lipinski definition) is 2. The van der Waals surface area contributed by atoms with Gasteiger partial charge in [-0.1, -0.05) is 13.3 Å². The summed E-state index contributed by atoms with van der Waals surface area (Å²) >= 11 is 0. The third-order valence-corrected chi connectivity index (χ3v) is 2.30. The quantitative estimate of drug-likeness (QED) is 0.679. The first-order valence-corrected chi connectivity index (χ1v) is 5.94. The van der Waals surface area contributed by atoms with Crippen LogP contribution in [0.15, 0.2) is 0 Å². The molecule has 0 atom stereocenters. The first kappa shape index (κ1) is 13.7. The van der Waals surface area contributed by atoms with Crippen LogP contribution in [-0.4, -0.2) is 27.7 Å². The maximum Gasteiger partial charge on any atom is 0.333 e. The fourth-order valence-corrected chi connectivity index (χ4v) is 1.45. The molecule has 0 radical (unpaired) electrons. The van der Waals surface area contributed by atoms with Gasteiger partial charge in [0.1, 0.15) is 6.16 Å². The number of halogens is 2. The standard InChI is InChI=1S/C7H13F2O4P/c1-2-3-4-7(8,9)6(10)5-14(11,12)13/h2-5H2,1H3,(H2,11,12,13). The largest absolute Gasteiger partial charge is 0.333 e. The van der Waals surface area contributed by atoms with Crippen molar-refractivity contribution in [1.82, 2.24) is 0 Å². The van der Waals surface area contributed by atoms with Crippen molar-refractivity contribution < 1.29 is 27.9 Å². The molecule has 0 unspecified atom stereocenters. The van der Waals surface area contributed by atoms with E-state index in [0.717, 1.165) is 0 Å². The average Bonchev–Trinajstić information content (AvgIpc) is 1.97. The van der Waals surface area contributed by atoms with Gasteiger partial charge >= 0.3 is 13.5 Å². The van der Waals surface area contributed by atoms with Crippen LogP contribution in [0.5, 0.6) is 0 Å². The molecule has 0 rings (SSSR count). The van der Waals surface area contributed by atoms with E-state index in [1.54, 1.807) is 6.92 Å². The summed E-state index contributed by atoms with van der Waals surface area (Å²) in [7, 11) is -4.68. The van der Waals surface area contributed by atoms with Crippen molar-refractivity contribution in [3.8, 4) is 0 Å². The number of carbonyl (C=O) groups is 1. The lowest BCUT2D eigenvalue weighted by atomic mass is 10.1. The fraction of sp³-hybridized carbons (Fsp3) is 0.857. The molecular weight excluding hydrogens is 217 g/mol. The molecule has 0 aromatic heterocycles. The topological polar surface area (TPSA) is 74.6 Å². The Balaban J connectivity index is 4.28. The predicted molar refractivity (Wildman–Crippen MR) is 46.4 cm³/mol. The van der Waals surface area contributed by atoms with Crippen LogP contribution < -0.4 is 0 Å². The highest BCUT2D eigenvalue weighted by Gasteiger charge is 2.40. The molecule has 2 N–H and O–H groups in total. The van der Waals surface area contributed by atoms with Gasteiger partial charge in [-0.25, -0.2) is 0 Å². The molecule has 0 aliphatic heterocycles. The van der Waals surface area contributed by atoms with Crippen LogP contribution in [0.3, 0.4) is 0 Å². The molecule has 0 saturated heterocycles. The smallest absolute Gasteiger partial charge is 0.324 e. The van der Waals surface area contributed by atoms with Gasteiger partial charge in [-0.05, 0) is 6.42 Å². The van der Waals surface area contributed by atoms with E-state index in [2.05, 4.69) is 0 Å². The lowest BCUT2D eigenvalue weighted by Crippen LogP contribution is -2.31. The third-order valence-electron chi connectivity index (χ3n) is 1.60. The summed E-state index contributed by atoms with van der Waals surface area (Å²) in [6.07, 6.45) is -1.38.